The number of carbonyl (C=O) groups is 1. The molecule has 0 aliphatic heterocycles. The van der Waals surface area contributed by atoms with E-state index >= 15 is 0 Å². The van der Waals surface area contributed by atoms with Crippen molar-refractivity contribution in [2.75, 3.05) is 6.61 Å². The van der Waals surface area contributed by atoms with Crippen LogP contribution in [0.3, 0.4) is 0 Å². The van der Waals surface area contributed by atoms with Crippen LogP contribution in [0.15, 0.2) is 95.8 Å². The molecule has 4 rings (SSSR count). The van der Waals surface area contributed by atoms with E-state index in [0.29, 0.717) is 37.1 Å². The molecule has 0 spiro atoms. The normalized spacial score (nSPS) is 11.0. The van der Waals surface area contributed by atoms with Crippen LogP contribution < -0.4 is 10.3 Å². The van der Waals surface area contributed by atoms with Crippen molar-refractivity contribution in [3.05, 3.63) is 130 Å². The Morgan fingerprint density at radius 2 is 1.59 bits per heavy atom. The molecule has 0 aliphatic carbocycles. The first-order valence-corrected chi connectivity index (χ1v) is 12.3. The van der Waals surface area contributed by atoms with Crippen LogP contribution in [-0.4, -0.2) is 27.5 Å². The van der Waals surface area contributed by atoms with Gasteiger partial charge in [-0.1, -0.05) is 60.7 Å². The molecule has 1 N–H and O–H groups in total. The van der Waals surface area contributed by atoms with Crippen LogP contribution in [0.1, 0.15) is 47.6 Å². The molecule has 1 heterocycles. The van der Waals surface area contributed by atoms with Crippen molar-refractivity contribution in [3.63, 3.8) is 0 Å². The summed E-state index contributed by atoms with van der Waals surface area (Å²) in [5, 5.41) is 13.4. The van der Waals surface area contributed by atoms with Crippen LogP contribution in [0.4, 0.5) is 4.39 Å². The predicted octanol–water partition coefficient (Wildman–Crippen LogP) is 5.44. The molecular formula is C30H29FN2O4. The van der Waals surface area contributed by atoms with Crippen LogP contribution >= 0.6 is 0 Å². The lowest BCUT2D eigenvalue weighted by Crippen LogP contribution is -2.24. The Labute approximate surface area is 215 Å². The first-order valence-electron chi connectivity index (χ1n) is 12.3. The van der Waals surface area contributed by atoms with E-state index in [2.05, 4.69) is 0 Å². The number of ether oxygens (including phenoxy) is 1. The van der Waals surface area contributed by atoms with Gasteiger partial charge in [0.2, 0.25) is 0 Å². The Morgan fingerprint density at radius 3 is 2.24 bits per heavy atom. The first kappa shape index (κ1) is 25.8. The molecule has 0 aliphatic rings. The maximum atomic E-state index is 14.4. The Balaban J connectivity index is 1.47. The minimum Gasteiger partial charge on any atom is -0.494 e. The van der Waals surface area contributed by atoms with Gasteiger partial charge in [0.05, 0.1) is 18.2 Å². The summed E-state index contributed by atoms with van der Waals surface area (Å²) in [6, 6.07) is 27.9. The summed E-state index contributed by atoms with van der Waals surface area (Å²) in [4.78, 5) is 23.2. The van der Waals surface area contributed by atoms with Crippen LogP contribution in [-0.2, 0) is 17.8 Å². The third kappa shape index (κ3) is 7.13. The molecule has 0 fully saturated rings. The first-order chi connectivity index (χ1) is 18.0. The van der Waals surface area contributed by atoms with Gasteiger partial charge in [-0.05, 0) is 60.2 Å². The van der Waals surface area contributed by atoms with Gasteiger partial charge < -0.3 is 9.84 Å². The molecule has 4 aromatic rings. The van der Waals surface area contributed by atoms with Crippen LogP contribution in [0.25, 0.3) is 0 Å². The van der Waals surface area contributed by atoms with E-state index in [1.54, 1.807) is 12.1 Å². The highest BCUT2D eigenvalue weighted by atomic mass is 19.1. The van der Waals surface area contributed by atoms with Gasteiger partial charge in [-0.2, -0.15) is 5.10 Å². The molecule has 7 heteroatoms. The summed E-state index contributed by atoms with van der Waals surface area (Å²) in [6.07, 6.45) is 1.30. The number of aliphatic carboxylic acids is 1. The molecular weight excluding hydrogens is 471 g/mol. The zero-order valence-electron chi connectivity index (χ0n) is 20.4. The van der Waals surface area contributed by atoms with Crippen molar-refractivity contribution in [1.29, 1.82) is 0 Å². The third-order valence-corrected chi connectivity index (χ3v) is 6.09. The van der Waals surface area contributed by atoms with Crippen molar-refractivity contribution >= 4 is 5.97 Å². The summed E-state index contributed by atoms with van der Waals surface area (Å²) in [7, 11) is 0. The number of hydrogen-bond acceptors (Lipinski definition) is 4. The number of benzene rings is 3. The molecule has 0 saturated carbocycles. The summed E-state index contributed by atoms with van der Waals surface area (Å²) in [5.41, 5.74) is 3.19. The average Bonchev–Trinajstić information content (AvgIpc) is 2.91. The lowest BCUT2D eigenvalue weighted by Gasteiger charge is -2.18. The van der Waals surface area contributed by atoms with E-state index in [1.165, 1.54) is 22.9 Å². The molecule has 0 atom stereocenters. The van der Waals surface area contributed by atoms with Crippen molar-refractivity contribution in [1.82, 2.24) is 9.78 Å². The largest absolute Gasteiger partial charge is 0.494 e. The Morgan fingerprint density at radius 1 is 0.919 bits per heavy atom. The number of aryl methyl sites for hydroxylation is 2. The molecule has 0 bridgehead atoms. The monoisotopic (exact) mass is 500 g/mol. The molecule has 3 aromatic carbocycles. The highest BCUT2D eigenvalue weighted by Crippen LogP contribution is 2.30. The minimum atomic E-state index is -0.879. The molecule has 0 radical (unpaired) electrons. The second-order valence-corrected chi connectivity index (χ2v) is 8.78. The quantitative estimate of drug-likeness (QED) is 0.262. The van der Waals surface area contributed by atoms with Gasteiger partial charge in [-0.15, -0.1) is 0 Å². The predicted molar refractivity (Wildman–Crippen MR) is 139 cm³/mol. The molecule has 6 nitrogen and oxygen atoms in total. The smallest absolute Gasteiger partial charge is 0.303 e. The zero-order chi connectivity index (χ0) is 26.0. The Bertz CT molecular complexity index is 1330. The van der Waals surface area contributed by atoms with Gasteiger partial charge in [-0.3, -0.25) is 9.59 Å². The van der Waals surface area contributed by atoms with Crippen molar-refractivity contribution < 1.29 is 19.0 Å². The fourth-order valence-electron chi connectivity index (χ4n) is 4.27. The van der Waals surface area contributed by atoms with E-state index in [0.717, 1.165) is 16.8 Å². The third-order valence-electron chi connectivity index (χ3n) is 6.09. The van der Waals surface area contributed by atoms with Crippen molar-refractivity contribution in [3.8, 4) is 5.75 Å². The summed E-state index contributed by atoms with van der Waals surface area (Å²) >= 11 is 0. The standard InChI is InChI=1S/C30H29FN2O4/c31-26-16-15-25(37-20-8-14-29(35)36)21-24(26)13-7-19-33-28(34)18-17-27(32-33)30(22-9-3-1-4-10-22)23-11-5-2-6-12-23/h1-6,9-12,15-18,21,30H,7-8,13-14,19-20H2,(H,35,36). The number of halogens is 1. The molecule has 0 saturated heterocycles. The maximum absolute atomic E-state index is 14.4. The second-order valence-electron chi connectivity index (χ2n) is 8.78. The average molecular weight is 501 g/mol. The van der Waals surface area contributed by atoms with Gasteiger partial charge >= 0.3 is 5.97 Å². The van der Waals surface area contributed by atoms with Gasteiger partial charge in [0, 0.05) is 19.0 Å². The number of rotatable bonds is 12. The number of nitrogens with zero attached hydrogens (tertiary/aromatic N) is 2. The van der Waals surface area contributed by atoms with E-state index in [1.807, 2.05) is 60.7 Å². The SMILES string of the molecule is O=C(O)CCCOc1ccc(F)c(CCCn2nc(C(c3ccccc3)c3ccccc3)ccc2=O)c1. The van der Waals surface area contributed by atoms with Gasteiger partial charge in [-0.25, -0.2) is 9.07 Å². The lowest BCUT2D eigenvalue weighted by molar-refractivity contribution is -0.137. The molecule has 37 heavy (non-hydrogen) atoms. The molecule has 0 unspecified atom stereocenters. The topological polar surface area (TPSA) is 81.4 Å². The van der Waals surface area contributed by atoms with Gasteiger partial charge in [0.15, 0.2) is 0 Å². The molecule has 1 aromatic heterocycles. The number of hydrogen-bond donors (Lipinski definition) is 1. The summed E-state index contributed by atoms with van der Waals surface area (Å²) in [5.74, 6) is -0.857. The fourth-order valence-corrected chi connectivity index (χ4v) is 4.27. The highest BCUT2D eigenvalue weighted by molar-refractivity contribution is 5.66. The summed E-state index contributed by atoms with van der Waals surface area (Å²) < 4.78 is 21.4. The minimum absolute atomic E-state index is 0.0181. The van der Waals surface area contributed by atoms with Gasteiger partial charge in [0.25, 0.3) is 5.56 Å². The molecule has 0 amide bonds. The van der Waals surface area contributed by atoms with E-state index in [9.17, 15) is 14.0 Å². The van der Waals surface area contributed by atoms with Crippen molar-refractivity contribution in [2.24, 2.45) is 0 Å². The van der Waals surface area contributed by atoms with Crippen LogP contribution in [0.5, 0.6) is 5.75 Å². The summed E-state index contributed by atoms with van der Waals surface area (Å²) in [6.45, 7) is 0.583. The van der Waals surface area contributed by atoms with E-state index < -0.39 is 5.97 Å². The zero-order valence-corrected chi connectivity index (χ0v) is 20.4. The maximum Gasteiger partial charge on any atom is 0.303 e. The Hall–Kier alpha value is -4.26. The number of carboxylic acids is 1. The molecule has 190 valence electrons. The lowest BCUT2D eigenvalue weighted by atomic mass is 9.88. The van der Waals surface area contributed by atoms with Gasteiger partial charge in [0.1, 0.15) is 11.6 Å². The van der Waals surface area contributed by atoms with Crippen molar-refractivity contribution in [2.45, 2.75) is 38.1 Å². The van der Waals surface area contributed by atoms with E-state index in [-0.39, 0.29) is 30.3 Å². The highest BCUT2D eigenvalue weighted by Gasteiger charge is 2.19. The van der Waals surface area contributed by atoms with Crippen LogP contribution in [0.2, 0.25) is 0 Å². The Kier molecular flexibility index (Phi) is 8.81. The fraction of sp³-hybridized carbons (Fsp3) is 0.233. The number of carboxylic acid groups (broad SMARTS) is 1. The van der Waals surface area contributed by atoms with Crippen LogP contribution in [0, 0.1) is 5.82 Å². The second kappa shape index (κ2) is 12.6. The van der Waals surface area contributed by atoms with E-state index in [4.69, 9.17) is 14.9 Å². The number of aromatic nitrogens is 2.